The Hall–Kier alpha value is -4.87. The summed E-state index contributed by atoms with van der Waals surface area (Å²) in [5.41, 5.74) is 8.01. The molecule has 0 spiro atoms. The Kier molecular flexibility index (Phi) is 7.16. The van der Waals surface area contributed by atoms with Gasteiger partial charge in [0.05, 0.1) is 18.2 Å². The first-order valence-corrected chi connectivity index (χ1v) is 12.6. The van der Waals surface area contributed by atoms with Crippen molar-refractivity contribution < 1.29 is 31.9 Å². The molecule has 5 rings (SSSR count). The van der Waals surface area contributed by atoms with Crippen LogP contribution in [0.15, 0.2) is 54.6 Å². The lowest BCUT2D eigenvalue weighted by Gasteiger charge is -2.13. The van der Waals surface area contributed by atoms with Gasteiger partial charge in [-0.25, -0.2) is 9.07 Å². The lowest BCUT2D eigenvalue weighted by molar-refractivity contribution is -0.137. The molecule has 12 heteroatoms. The van der Waals surface area contributed by atoms with Crippen LogP contribution in [0.5, 0.6) is 5.75 Å². The number of ether oxygens (including phenoxy) is 1. The van der Waals surface area contributed by atoms with E-state index < -0.39 is 29.4 Å². The maximum absolute atomic E-state index is 15.2. The molecule has 0 aliphatic carbocycles. The van der Waals surface area contributed by atoms with E-state index in [9.17, 15) is 22.8 Å². The molecule has 0 fully saturated rings. The normalized spacial score (nSPS) is 12.5. The second-order valence-corrected chi connectivity index (χ2v) is 9.60. The number of nitrogens with zero attached hydrogens (tertiary/aromatic N) is 2. The summed E-state index contributed by atoms with van der Waals surface area (Å²) in [4.78, 5) is 25.2. The summed E-state index contributed by atoms with van der Waals surface area (Å²) in [7, 11) is 1.23. The zero-order valence-corrected chi connectivity index (χ0v) is 22.0. The topological polar surface area (TPSA) is 111 Å². The summed E-state index contributed by atoms with van der Waals surface area (Å²) in [5.74, 6) is -1.98. The highest BCUT2D eigenvalue weighted by atomic mass is 19.4. The van der Waals surface area contributed by atoms with Crippen LogP contribution in [0.1, 0.15) is 43.0 Å². The maximum Gasteiger partial charge on any atom is 0.416 e. The molecule has 0 saturated heterocycles. The van der Waals surface area contributed by atoms with Gasteiger partial charge in [-0.1, -0.05) is 29.8 Å². The van der Waals surface area contributed by atoms with Crippen molar-refractivity contribution in [2.75, 3.05) is 12.4 Å². The smallest absolute Gasteiger partial charge is 0.416 e. The summed E-state index contributed by atoms with van der Waals surface area (Å²) in [6, 6.07) is 12.5. The number of aryl methyl sites for hydroxylation is 3. The third-order valence-corrected chi connectivity index (χ3v) is 6.84. The number of alkyl halides is 3. The Morgan fingerprint density at radius 3 is 2.59 bits per heavy atom. The minimum absolute atomic E-state index is 0.0591. The number of methoxy groups -OCH3 is 1. The van der Waals surface area contributed by atoms with Gasteiger partial charge in [-0.15, -0.1) is 0 Å². The van der Waals surface area contributed by atoms with E-state index in [2.05, 4.69) is 21.8 Å². The molecule has 8 nitrogen and oxygen atoms in total. The summed E-state index contributed by atoms with van der Waals surface area (Å²) >= 11 is 0. The van der Waals surface area contributed by atoms with Gasteiger partial charge in [0.15, 0.2) is 0 Å². The first-order valence-electron chi connectivity index (χ1n) is 12.6. The summed E-state index contributed by atoms with van der Waals surface area (Å²) in [6.07, 6.45) is -4.00. The zero-order chi connectivity index (χ0) is 29.5. The van der Waals surface area contributed by atoms with E-state index in [1.807, 2.05) is 19.1 Å². The number of rotatable bonds is 6. The number of nitrogens with one attached hydrogen (secondary N) is 2. The summed E-state index contributed by atoms with van der Waals surface area (Å²) in [6.45, 7) is 2.14. The molecule has 4 aromatic rings. The number of benzene rings is 3. The molecule has 1 aromatic heterocycles. The minimum atomic E-state index is -4.66. The van der Waals surface area contributed by atoms with Crippen LogP contribution in [0.2, 0.25) is 0 Å². The predicted octanol–water partition coefficient (Wildman–Crippen LogP) is 5.35. The van der Waals surface area contributed by atoms with Crippen molar-refractivity contribution in [1.82, 2.24) is 15.1 Å². The van der Waals surface area contributed by atoms with E-state index in [1.54, 1.807) is 4.68 Å². The van der Waals surface area contributed by atoms with Gasteiger partial charge in [0, 0.05) is 29.9 Å². The van der Waals surface area contributed by atoms with Gasteiger partial charge in [-0.3, -0.25) is 9.59 Å². The van der Waals surface area contributed by atoms with Gasteiger partial charge >= 0.3 is 6.18 Å². The first-order chi connectivity index (χ1) is 19.5. The average molecular weight is 568 g/mol. The van der Waals surface area contributed by atoms with Crippen LogP contribution < -0.4 is 21.1 Å². The van der Waals surface area contributed by atoms with Crippen LogP contribution in [-0.4, -0.2) is 28.7 Å². The Morgan fingerprint density at radius 1 is 1.12 bits per heavy atom. The molecule has 0 saturated carbocycles. The fourth-order valence-corrected chi connectivity index (χ4v) is 4.76. The van der Waals surface area contributed by atoms with Crippen LogP contribution >= 0.6 is 0 Å². The number of primary amides is 1. The van der Waals surface area contributed by atoms with E-state index in [4.69, 9.17) is 10.5 Å². The number of carbonyl (C=O) groups is 2. The molecule has 2 amide bonds. The molecule has 212 valence electrons. The summed E-state index contributed by atoms with van der Waals surface area (Å²) < 4.78 is 61.2. The Labute approximate surface area is 232 Å². The van der Waals surface area contributed by atoms with Crippen molar-refractivity contribution in [3.8, 4) is 17.0 Å². The second kappa shape index (κ2) is 10.6. The number of hydrogen-bond acceptors (Lipinski definition) is 5. The standard InChI is InChI=1S/C29H25F4N5O3/c1-15-3-7-22-16(11-15)9-10-38-27(36-22)24(26(34)39)25(37-38)17-4-5-18(21(30)12-17)14-35-28(40)20-13-19(29(31,32)33)6-8-23(20)41-2/h3-8,11-13,36H,9-10,14H2,1-2H3,(H2,34,39)(H,35,40). The number of amides is 2. The Balaban J connectivity index is 1.40. The van der Waals surface area contributed by atoms with E-state index in [0.29, 0.717) is 24.8 Å². The number of aromatic nitrogens is 2. The van der Waals surface area contributed by atoms with E-state index >= 15 is 4.39 Å². The highest BCUT2D eigenvalue weighted by Gasteiger charge is 2.32. The third-order valence-electron chi connectivity index (χ3n) is 6.84. The number of hydrogen-bond donors (Lipinski definition) is 3. The predicted molar refractivity (Wildman–Crippen MR) is 143 cm³/mol. The van der Waals surface area contributed by atoms with Crippen molar-refractivity contribution in [2.24, 2.45) is 5.73 Å². The van der Waals surface area contributed by atoms with Crippen molar-refractivity contribution in [3.05, 3.63) is 93.8 Å². The molecular formula is C29H25F4N5O3. The fraction of sp³-hybridized carbons (Fsp3) is 0.207. The highest BCUT2D eigenvalue weighted by Crippen LogP contribution is 2.35. The van der Waals surface area contributed by atoms with Crippen LogP contribution in [0.3, 0.4) is 0 Å². The molecule has 41 heavy (non-hydrogen) atoms. The molecule has 0 radical (unpaired) electrons. The second-order valence-electron chi connectivity index (χ2n) is 9.60. The van der Waals surface area contributed by atoms with Gasteiger partial charge in [0.2, 0.25) is 0 Å². The number of halogens is 4. The van der Waals surface area contributed by atoms with Gasteiger partial charge in [0.1, 0.15) is 28.6 Å². The number of anilines is 2. The van der Waals surface area contributed by atoms with Gasteiger partial charge in [-0.05, 0) is 49.2 Å². The van der Waals surface area contributed by atoms with Crippen LogP contribution in [0.25, 0.3) is 11.3 Å². The van der Waals surface area contributed by atoms with Crippen molar-refractivity contribution in [2.45, 2.75) is 32.6 Å². The lowest BCUT2D eigenvalue weighted by Crippen LogP contribution is -2.24. The van der Waals surface area contributed by atoms with Crippen molar-refractivity contribution >= 4 is 23.3 Å². The molecule has 3 aromatic carbocycles. The van der Waals surface area contributed by atoms with Crippen LogP contribution in [0.4, 0.5) is 29.1 Å². The van der Waals surface area contributed by atoms with Crippen LogP contribution in [-0.2, 0) is 25.7 Å². The fourth-order valence-electron chi connectivity index (χ4n) is 4.76. The highest BCUT2D eigenvalue weighted by molar-refractivity contribution is 6.04. The molecular weight excluding hydrogens is 542 g/mol. The minimum Gasteiger partial charge on any atom is -0.496 e. The SMILES string of the molecule is COc1ccc(C(F)(F)F)cc1C(=O)NCc1ccc(-c2nn3c(c2C(N)=O)Nc2ccc(C)cc2CC3)cc1F. The number of nitrogens with two attached hydrogens (primary N) is 1. The molecule has 0 unspecified atom stereocenters. The quantitative estimate of drug-likeness (QED) is 0.272. The maximum atomic E-state index is 15.2. The van der Waals surface area contributed by atoms with Crippen LogP contribution in [0, 0.1) is 12.7 Å². The number of carbonyl (C=O) groups excluding carboxylic acids is 2. The lowest BCUT2D eigenvalue weighted by atomic mass is 10.0. The van der Waals surface area contributed by atoms with Crippen molar-refractivity contribution in [3.63, 3.8) is 0 Å². The van der Waals surface area contributed by atoms with E-state index in [1.165, 1.54) is 19.2 Å². The summed E-state index contributed by atoms with van der Waals surface area (Å²) in [5, 5.41) is 10.2. The van der Waals surface area contributed by atoms with Gasteiger partial charge in [-0.2, -0.15) is 18.3 Å². The molecule has 1 aliphatic rings. The Morgan fingerprint density at radius 2 is 1.90 bits per heavy atom. The molecule has 1 aliphatic heterocycles. The zero-order valence-electron chi connectivity index (χ0n) is 22.0. The largest absolute Gasteiger partial charge is 0.496 e. The first kappa shape index (κ1) is 27.7. The third kappa shape index (κ3) is 5.45. The Bertz CT molecular complexity index is 1680. The van der Waals surface area contributed by atoms with E-state index in [0.717, 1.165) is 35.0 Å². The molecule has 4 N–H and O–H groups in total. The van der Waals surface area contributed by atoms with Gasteiger partial charge in [0.25, 0.3) is 11.8 Å². The van der Waals surface area contributed by atoms with E-state index in [-0.39, 0.29) is 40.2 Å². The number of fused-ring (bicyclic) bond motifs is 2. The molecule has 0 bridgehead atoms. The van der Waals surface area contributed by atoms with Gasteiger partial charge < -0.3 is 21.1 Å². The molecule has 2 heterocycles. The molecule has 0 atom stereocenters. The van der Waals surface area contributed by atoms with Crippen molar-refractivity contribution in [1.29, 1.82) is 0 Å². The average Bonchev–Trinajstić information content (AvgIpc) is 3.20. The monoisotopic (exact) mass is 567 g/mol.